The zero-order chi connectivity index (χ0) is 38.2. The van der Waals surface area contributed by atoms with Crippen molar-refractivity contribution < 1.29 is 0 Å². The van der Waals surface area contributed by atoms with E-state index in [9.17, 15) is 0 Å². The molecule has 0 spiro atoms. The molecule has 12 aromatic rings. The van der Waals surface area contributed by atoms with Crippen LogP contribution in [0.4, 0.5) is 0 Å². The lowest BCUT2D eigenvalue weighted by atomic mass is 9.98. The lowest BCUT2D eigenvalue weighted by molar-refractivity contribution is 1.01. The van der Waals surface area contributed by atoms with E-state index in [4.69, 9.17) is 9.97 Å². The first kappa shape index (κ1) is 32.4. The van der Waals surface area contributed by atoms with Crippen LogP contribution >= 0.6 is 0 Å². The fraction of sp³-hybridized carbons (Fsp3) is 0. The Balaban J connectivity index is 0.988. The summed E-state index contributed by atoms with van der Waals surface area (Å²) in [5.41, 5.74) is 13.4. The summed E-state index contributed by atoms with van der Waals surface area (Å²) in [6, 6.07) is 73.9. The highest BCUT2D eigenvalue weighted by Gasteiger charge is 2.19. The topological polar surface area (TPSA) is 35.6 Å². The molecule has 0 aliphatic rings. The molecule has 0 saturated heterocycles. The van der Waals surface area contributed by atoms with Gasteiger partial charge in [-0.25, -0.2) is 9.97 Å². The Morgan fingerprint density at radius 2 is 0.845 bits per heavy atom. The molecule has 0 amide bonds. The predicted molar refractivity (Wildman–Crippen MR) is 242 cm³/mol. The molecule has 0 N–H and O–H groups in total. The van der Waals surface area contributed by atoms with E-state index in [1.807, 2.05) is 12.1 Å². The van der Waals surface area contributed by atoms with Gasteiger partial charge in [-0.1, -0.05) is 152 Å². The Morgan fingerprint density at radius 3 is 1.57 bits per heavy atom. The third-order valence-corrected chi connectivity index (χ3v) is 11.7. The van der Waals surface area contributed by atoms with Gasteiger partial charge in [0.25, 0.3) is 0 Å². The number of nitrogens with zero attached hydrogens (tertiary/aromatic N) is 4. The molecule has 58 heavy (non-hydrogen) atoms. The van der Waals surface area contributed by atoms with E-state index in [0.29, 0.717) is 5.95 Å². The predicted octanol–water partition coefficient (Wildman–Crippen LogP) is 14.0. The largest absolute Gasteiger partial charge is 0.309 e. The summed E-state index contributed by atoms with van der Waals surface area (Å²) in [4.78, 5) is 10.4. The van der Waals surface area contributed by atoms with Crippen LogP contribution in [-0.4, -0.2) is 19.1 Å². The molecule has 12 rings (SSSR count). The number of rotatable bonds is 5. The van der Waals surface area contributed by atoms with Crippen molar-refractivity contribution in [1.82, 2.24) is 19.1 Å². The number of para-hydroxylation sites is 3. The van der Waals surface area contributed by atoms with Crippen molar-refractivity contribution in [2.24, 2.45) is 0 Å². The Kier molecular flexibility index (Phi) is 7.20. The van der Waals surface area contributed by atoms with Crippen LogP contribution in [0.15, 0.2) is 206 Å². The molecule has 3 aromatic heterocycles. The maximum Gasteiger partial charge on any atom is 0.235 e. The van der Waals surface area contributed by atoms with Crippen molar-refractivity contribution in [2.45, 2.75) is 0 Å². The molecule has 0 unspecified atom stereocenters. The van der Waals surface area contributed by atoms with Crippen molar-refractivity contribution in [2.75, 3.05) is 0 Å². The fourth-order valence-corrected chi connectivity index (χ4v) is 9.05. The second-order valence-corrected chi connectivity index (χ2v) is 15.0. The Bertz CT molecular complexity index is 3550. The van der Waals surface area contributed by atoms with Gasteiger partial charge in [-0.05, 0) is 87.6 Å². The van der Waals surface area contributed by atoms with Crippen LogP contribution in [0.2, 0.25) is 0 Å². The van der Waals surface area contributed by atoms with Crippen LogP contribution in [0.3, 0.4) is 0 Å². The van der Waals surface area contributed by atoms with Gasteiger partial charge < -0.3 is 4.57 Å². The molecule has 9 aromatic carbocycles. The Hall–Kier alpha value is -7.82. The van der Waals surface area contributed by atoms with Gasteiger partial charge in [0.15, 0.2) is 0 Å². The van der Waals surface area contributed by atoms with Crippen LogP contribution in [0.25, 0.3) is 110 Å². The van der Waals surface area contributed by atoms with Gasteiger partial charge in [-0.3, -0.25) is 4.57 Å². The lowest BCUT2D eigenvalue weighted by Gasteiger charge is -2.12. The maximum absolute atomic E-state index is 5.27. The van der Waals surface area contributed by atoms with Gasteiger partial charge in [-0.15, -0.1) is 0 Å². The summed E-state index contributed by atoms with van der Waals surface area (Å²) in [6.45, 7) is 0. The van der Waals surface area contributed by atoms with Crippen LogP contribution < -0.4 is 0 Å². The van der Waals surface area contributed by atoms with Crippen LogP contribution in [0.1, 0.15) is 0 Å². The summed E-state index contributed by atoms with van der Waals surface area (Å²) in [7, 11) is 0. The normalized spacial score (nSPS) is 11.8. The lowest BCUT2D eigenvalue weighted by Crippen LogP contribution is -2.03. The van der Waals surface area contributed by atoms with Crippen LogP contribution in [-0.2, 0) is 0 Å². The maximum atomic E-state index is 5.27. The molecule has 0 aliphatic heterocycles. The van der Waals surface area contributed by atoms with E-state index in [1.165, 1.54) is 60.0 Å². The summed E-state index contributed by atoms with van der Waals surface area (Å²) in [5, 5.41) is 8.36. The molecule has 4 nitrogen and oxygen atoms in total. The van der Waals surface area contributed by atoms with E-state index in [1.54, 1.807) is 0 Å². The zero-order valence-electron chi connectivity index (χ0n) is 31.4. The summed E-state index contributed by atoms with van der Waals surface area (Å²) in [6.07, 6.45) is 0. The van der Waals surface area contributed by atoms with Crippen molar-refractivity contribution in [3.05, 3.63) is 206 Å². The molecule has 0 radical (unpaired) electrons. The second kappa shape index (κ2) is 12.9. The minimum Gasteiger partial charge on any atom is -0.309 e. The van der Waals surface area contributed by atoms with Gasteiger partial charge in [0.1, 0.15) is 0 Å². The molecular formula is C54H34N4. The first-order valence-electron chi connectivity index (χ1n) is 19.7. The summed E-state index contributed by atoms with van der Waals surface area (Å²) in [5.74, 6) is 0.663. The molecule has 3 heterocycles. The highest BCUT2D eigenvalue weighted by Crippen LogP contribution is 2.39. The third kappa shape index (κ3) is 5.02. The number of fused-ring (bicyclic) bond motifs is 8. The Morgan fingerprint density at radius 1 is 0.310 bits per heavy atom. The van der Waals surface area contributed by atoms with E-state index in [0.717, 1.165) is 44.4 Å². The monoisotopic (exact) mass is 738 g/mol. The van der Waals surface area contributed by atoms with E-state index in [-0.39, 0.29) is 0 Å². The first-order valence-corrected chi connectivity index (χ1v) is 19.7. The van der Waals surface area contributed by atoms with Gasteiger partial charge in [0.2, 0.25) is 5.95 Å². The average molecular weight is 739 g/mol. The molecule has 4 heteroatoms. The van der Waals surface area contributed by atoms with Crippen LogP contribution in [0, 0.1) is 0 Å². The molecule has 270 valence electrons. The number of aromatic nitrogens is 4. The van der Waals surface area contributed by atoms with Crippen molar-refractivity contribution in [1.29, 1.82) is 0 Å². The number of hydrogen-bond donors (Lipinski definition) is 0. The number of hydrogen-bond acceptors (Lipinski definition) is 2. The van der Waals surface area contributed by atoms with Gasteiger partial charge in [0, 0.05) is 38.2 Å². The highest BCUT2D eigenvalue weighted by atomic mass is 15.2. The average Bonchev–Trinajstić information content (AvgIpc) is 3.81. The summed E-state index contributed by atoms with van der Waals surface area (Å²) < 4.78 is 4.61. The molecule has 0 saturated carbocycles. The smallest absolute Gasteiger partial charge is 0.235 e. The van der Waals surface area contributed by atoms with Crippen LogP contribution in [0.5, 0.6) is 0 Å². The van der Waals surface area contributed by atoms with Gasteiger partial charge in [-0.2, -0.15) is 0 Å². The Labute approximate surface area is 334 Å². The minimum absolute atomic E-state index is 0.663. The quantitative estimate of drug-likeness (QED) is 0.176. The van der Waals surface area contributed by atoms with Crippen molar-refractivity contribution >= 4 is 65.3 Å². The van der Waals surface area contributed by atoms with E-state index in [2.05, 4.69) is 203 Å². The molecule has 0 aliphatic carbocycles. The first-order chi connectivity index (χ1) is 28.8. The number of benzene rings is 9. The SMILES string of the molecule is c1ccc(-c2nc(-n3c4ccccc4c4cc(-c5ccc6c(c5)c5ccccc5n6-c5ccc(-c6cccc7ccccc67)cc5)ccc43)nc3ccccc23)cc1. The van der Waals surface area contributed by atoms with E-state index < -0.39 is 0 Å². The molecule has 0 bridgehead atoms. The fourth-order valence-electron chi connectivity index (χ4n) is 9.05. The molecular weight excluding hydrogens is 705 g/mol. The molecule has 0 atom stereocenters. The third-order valence-electron chi connectivity index (χ3n) is 11.7. The van der Waals surface area contributed by atoms with Gasteiger partial charge >= 0.3 is 0 Å². The van der Waals surface area contributed by atoms with E-state index >= 15 is 0 Å². The minimum atomic E-state index is 0.663. The second-order valence-electron chi connectivity index (χ2n) is 15.0. The van der Waals surface area contributed by atoms with Crippen molar-refractivity contribution in [3.8, 4) is 45.1 Å². The highest BCUT2D eigenvalue weighted by molar-refractivity contribution is 6.13. The summed E-state index contributed by atoms with van der Waals surface area (Å²) >= 11 is 0. The zero-order valence-corrected chi connectivity index (χ0v) is 31.4. The van der Waals surface area contributed by atoms with Crippen molar-refractivity contribution in [3.63, 3.8) is 0 Å². The van der Waals surface area contributed by atoms with Gasteiger partial charge in [0.05, 0.1) is 33.3 Å². The molecule has 0 fully saturated rings. The standard InChI is InChI=1S/C54H34N4/c1-2-14-37(15-3-1)53-45-20-6-9-22-48(45)55-54(56-53)58-50-24-11-8-19-44(50)47-34-39(28-32-52(47)58)38-27-31-51-46(33-38)43-18-7-10-23-49(43)57(51)40-29-25-36(26-30-40)42-21-12-16-35-13-4-5-17-41(35)42/h1-34H.